The molecule has 0 saturated heterocycles. The predicted molar refractivity (Wildman–Crippen MR) is 98.4 cm³/mol. The van der Waals surface area contributed by atoms with Crippen molar-refractivity contribution >= 4 is 11.8 Å². The minimum atomic E-state index is -0.151. The number of hydrogen-bond acceptors (Lipinski definition) is 5. The van der Waals surface area contributed by atoms with Gasteiger partial charge in [-0.2, -0.15) is 0 Å². The summed E-state index contributed by atoms with van der Waals surface area (Å²) in [5.41, 5.74) is 2.59. The van der Waals surface area contributed by atoms with Gasteiger partial charge in [0.25, 0.3) is 0 Å². The van der Waals surface area contributed by atoms with Gasteiger partial charge >= 0.3 is 0 Å². The van der Waals surface area contributed by atoms with Crippen LogP contribution >= 0.6 is 0 Å². The third-order valence-electron chi connectivity index (χ3n) is 4.04. The van der Waals surface area contributed by atoms with E-state index >= 15 is 0 Å². The average molecular weight is 352 g/mol. The Bertz CT molecular complexity index is 872. The summed E-state index contributed by atoms with van der Waals surface area (Å²) < 4.78 is 15.7. The van der Waals surface area contributed by atoms with E-state index in [4.69, 9.17) is 14.0 Å². The number of carbonyl (C=O) groups is 1. The van der Waals surface area contributed by atoms with Gasteiger partial charge in [0.05, 0.1) is 26.0 Å². The van der Waals surface area contributed by atoms with Crippen LogP contribution in [0.4, 0.5) is 5.88 Å². The molecule has 0 atom stereocenters. The summed E-state index contributed by atoms with van der Waals surface area (Å²) in [6.07, 6.45) is 2.46. The number of nitrogens with zero attached hydrogens (tertiary/aromatic N) is 1. The summed E-state index contributed by atoms with van der Waals surface area (Å²) in [6, 6.07) is 15.1. The van der Waals surface area contributed by atoms with Gasteiger partial charge in [0, 0.05) is 6.42 Å². The Morgan fingerprint density at radius 1 is 1.08 bits per heavy atom. The number of hydrogen-bond donors (Lipinski definition) is 1. The van der Waals surface area contributed by atoms with Crippen molar-refractivity contribution in [3.8, 4) is 22.6 Å². The lowest BCUT2D eigenvalue weighted by Crippen LogP contribution is -2.12. The van der Waals surface area contributed by atoms with Crippen LogP contribution in [0.2, 0.25) is 0 Å². The van der Waals surface area contributed by atoms with E-state index in [0.717, 1.165) is 28.2 Å². The molecule has 6 heteroatoms. The molecular weight excluding hydrogens is 332 g/mol. The maximum absolute atomic E-state index is 12.3. The summed E-state index contributed by atoms with van der Waals surface area (Å²) >= 11 is 0. The molecule has 1 aromatic heterocycles. The lowest BCUT2D eigenvalue weighted by atomic mass is 10.1. The van der Waals surface area contributed by atoms with Crippen LogP contribution in [-0.4, -0.2) is 25.3 Å². The van der Waals surface area contributed by atoms with Gasteiger partial charge in [-0.1, -0.05) is 35.5 Å². The molecule has 1 N–H and O–H groups in total. The number of para-hydroxylation sites is 1. The van der Waals surface area contributed by atoms with E-state index in [1.54, 1.807) is 20.4 Å². The lowest BCUT2D eigenvalue weighted by molar-refractivity contribution is -0.116. The zero-order valence-corrected chi connectivity index (χ0v) is 14.7. The summed E-state index contributed by atoms with van der Waals surface area (Å²) in [4.78, 5) is 12.3. The maximum Gasteiger partial charge on any atom is 0.239 e. The quantitative estimate of drug-likeness (QED) is 0.697. The number of methoxy groups -OCH3 is 2. The molecule has 0 radical (unpaired) electrons. The van der Waals surface area contributed by atoms with Crippen molar-refractivity contribution in [2.45, 2.75) is 12.8 Å². The third-order valence-corrected chi connectivity index (χ3v) is 4.04. The number of aryl methyl sites for hydroxylation is 1. The van der Waals surface area contributed by atoms with Gasteiger partial charge in [-0.3, -0.25) is 10.1 Å². The first-order valence-electron chi connectivity index (χ1n) is 8.22. The second kappa shape index (κ2) is 8.20. The van der Waals surface area contributed by atoms with Crippen molar-refractivity contribution in [1.29, 1.82) is 0 Å². The van der Waals surface area contributed by atoms with E-state index in [1.807, 2.05) is 48.5 Å². The van der Waals surface area contributed by atoms with Gasteiger partial charge in [0.15, 0.2) is 0 Å². The zero-order valence-electron chi connectivity index (χ0n) is 14.7. The molecule has 0 unspecified atom stereocenters. The second-order valence-electron chi connectivity index (χ2n) is 5.66. The number of amides is 1. The van der Waals surface area contributed by atoms with Crippen molar-refractivity contribution in [3.05, 3.63) is 60.3 Å². The van der Waals surface area contributed by atoms with Crippen molar-refractivity contribution in [1.82, 2.24) is 5.16 Å². The molecule has 0 bridgehead atoms. The largest absolute Gasteiger partial charge is 0.497 e. The smallest absolute Gasteiger partial charge is 0.239 e. The summed E-state index contributed by atoms with van der Waals surface area (Å²) in [5, 5.41) is 6.58. The molecule has 0 saturated carbocycles. The van der Waals surface area contributed by atoms with Crippen LogP contribution in [0.25, 0.3) is 11.1 Å². The van der Waals surface area contributed by atoms with E-state index in [-0.39, 0.29) is 5.91 Å². The normalized spacial score (nSPS) is 10.4. The molecule has 1 heterocycles. The van der Waals surface area contributed by atoms with Crippen molar-refractivity contribution in [2.24, 2.45) is 0 Å². The fraction of sp³-hybridized carbons (Fsp3) is 0.200. The molecule has 0 aliphatic rings. The molecule has 3 aromatic rings. The highest BCUT2D eigenvalue weighted by Crippen LogP contribution is 2.29. The topological polar surface area (TPSA) is 73.6 Å². The fourth-order valence-corrected chi connectivity index (χ4v) is 2.65. The first kappa shape index (κ1) is 17.5. The number of rotatable bonds is 7. The van der Waals surface area contributed by atoms with Gasteiger partial charge in [-0.05, 0) is 35.7 Å². The van der Waals surface area contributed by atoms with Crippen molar-refractivity contribution in [3.63, 3.8) is 0 Å². The highest BCUT2D eigenvalue weighted by molar-refractivity contribution is 5.93. The fourth-order valence-electron chi connectivity index (χ4n) is 2.65. The monoisotopic (exact) mass is 352 g/mol. The molecule has 2 aromatic carbocycles. The van der Waals surface area contributed by atoms with Crippen LogP contribution in [0.1, 0.15) is 12.0 Å². The van der Waals surface area contributed by atoms with E-state index in [1.165, 1.54) is 0 Å². The Hall–Kier alpha value is -3.28. The number of aromatic nitrogens is 1. The van der Waals surface area contributed by atoms with Gasteiger partial charge in [0.1, 0.15) is 11.5 Å². The SMILES string of the molecule is COc1ccc(-c2cnoc2NC(=O)CCc2ccccc2OC)cc1. The molecule has 26 heavy (non-hydrogen) atoms. The minimum Gasteiger partial charge on any atom is -0.497 e. The lowest BCUT2D eigenvalue weighted by Gasteiger charge is -2.08. The Labute approximate surface area is 151 Å². The van der Waals surface area contributed by atoms with Crippen molar-refractivity contribution in [2.75, 3.05) is 19.5 Å². The van der Waals surface area contributed by atoms with Gasteiger partial charge in [0.2, 0.25) is 11.8 Å². The average Bonchev–Trinajstić information content (AvgIpc) is 3.14. The van der Waals surface area contributed by atoms with Crippen molar-refractivity contribution < 1.29 is 18.8 Å². The Morgan fingerprint density at radius 2 is 1.85 bits per heavy atom. The standard InChI is InChI=1S/C20H20N2O4/c1-24-16-10-7-14(8-11-16)17-13-21-26-20(17)22-19(23)12-9-15-5-3-4-6-18(15)25-2/h3-8,10-11,13H,9,12H2,1-2H3,(H,22,23). The minimum absolute atomic E-state index is 0.151. The van der Waals surface area contributed by atoms with Gasteiger partial charge in [-0.25, -0.2) is 0 Å². The molecule has 0 spiro atoms. The molecule has 0 fully saturated rings. The third kappa shape index (κ3) is 4.03. The van der Waals surface area contributed by atoms with E-state index in [2.05, 4.69) is 10.5 Å². The van der Waals surface area contributed by atoms with Crippen LogP contribution in [0.3, 0.4) is 0 Å². The molecule has 6 nitrogen and oxygen atoms in total. The number of nitrogens with one attached hydrogen (secondary N) is 1. The molecular formula is C20H20N2O4. The maximum atomic E-state index is 12.3. The van der Waals surface area contributed by atoms with Gasteiger partial charge in [-0.15, -0.1) is 0 Å². The molecule has 1 amide bonds. The molecule has 0 aliphatic carbocycles. The molecule has 134 valence electrons. The van der Waals surface area contributed by atoms with E-state index < -0.39 is 0 Å². The Morgan fingerprint density at radius 3 is 2.58 bits per heavy atom. The van der Waals surface area contributed by atoms with Crippen LogP contribution in [-0.2, 0) is 11.2 Å². The number of ether oxygens (including phenoxy) is 2. The Kier molecular flexibility index (Phi) is 5.53. The number of anilines is 1. The van der Waals surface area contributed by atoms with Crippen LogP contribution < -0.4 is 14.8 Å². The molecule has 3 rings (SSSR count). The highest BCUT2D eigenvalue weighted by atomic mass is 16.5. The highest BCUT2D eigenvalue weighted by Gasteiger charge is 2.14. The zero-order chi connectivity index (χ0) is 18.4. The predicted octanol–water partition coefficient (Wildman–Crippen LogP) is 3.93. The van der Waals surface area contributed by atoms with Crippen LogP contribution in [0, 0.1) is 0 Å². The Balaban J connectivity index is 1.66. The number of carbonyl (C=O) groups excluding carboxylic acids is 1. The summed E-state index contributed by atoms with van der Waals surface area (Å²) in [5.74, 6) is 1.72. The summed E-state index contributed by atoms with van der Waals surface area (Å²) in [7, 11) is 3.23. The van der Waals surface area contributed by atoms with Crippen LogP contribution in [0.15, 0.2) is 59.3 Å². The first-order chi connectivity index (χ1) is 12.7. The van der Waals surface area contributed by atoms with Crippen LogP contribution in [0.5, 0.6) is 11.5 Å². The van der Waals surface area contributed by atoms with Gasteiger partial charge < -0.3 is 14.0 Å². The van der Waals surface area contributed by atoms with E-state index in [9.17, 15) is 4.79 Å². The van der Waals surface area contributed by atoms with E-state index in [0.29, 0.717) is 18.7 Å². The summed E-state index contributed by atoms with van der Waals surface area (Å²) in [6.45, 7) is 0. The first-order valence-corrected chi connectivity index (χ1v) is 8.22. The molecule has 0 aliphatic heterocycles. The second-order valence-corrected chi connectivity index (χ2v) is 5.66. The number of benzene rings is 2.